The van der Waals surface area contributed by atoms with Crippen LogP contribution in [0.25, 0.3) is 0 Å². The molecule has 1 N–H and O–H groups in total. The van der Waals surface area contributed by atoms with Crippen molar-refractivity contribution in [1.82, 2.24) is 15.5 Å². The number of hydrogen-bond donors (Lipinski definition) is 1. The molecule has 0 aromatic carbocycles. The molecule has 0 bridgehead atoms. The molecule has 0 radical (unpaired) electrons. The van der Waals surface area contributed by atoms with E-state index < -0.39 is 0 Å². The summed E-state index contributed by atoms with van der Waals surface area (Å²) in [5.74, 6) is 1.52. The van der Waals surface area contributed by atoms with Crippen molar-refractivity contribution in [2.24, 2.45) is 0 Å². The maximum absolute atomic E-state index is 5.31. The predicted molar refractivity (Wildman–Crippen MR) is 67.2 cm³/mol. The molecule has 17 heavy (non-hydrogen) atoms. The van der Waals surface area contributed by atoms with Gasteiger partial charge in [-0.2, -0.15) is 4.98 Å². The molecule has 96 valence electrons. The van der Waals surface area contributed by atoms with Crippen LogP contribution in [-0.2, 0) is 6.42 Å². The fourth-order valence-electron chi connectivity index (χ4n) is 2.23. The Morgan fingerprint density at radius 2 is 2.12 bits per heavy atom. The van der Waals surface area contributed by atoms with Crippen molar-refractivity contribution in [2.45, 2.75) is 45.6 Å². The minimum absolute atomic E-state index is 0.437. The average molecular weight is 238 g/mol. The zero-order valence-corrected chi connectivity index (χ0v) is 10.8. The van der Waals surface area contributed by atoms with E-state index in [1.165, 1.54) is 12.8 Å². The zero-order chi connectivity index (χ0) is 12.1. The molecule has 5 heteroatoms. The van der Waals surface area contributed by atoms with Crippen molar-refractivity contribution in [3.63, 3.8) is 0 Å². The van der Waals surface area contributed by atoms with Crippen LogP contribution in [0.5, 0.6) is 0 Å². The maximum Gasteiger partial charge on any atom is 0.266 e. The predicted octanol–water partition coefficient (Wildman–Crippen LogP) is 1.60. The van der Waals surface area contributed by atoms with Gasteiger partial charge in [-0.3, -0.25) is 0 Å². The monoisotopic (exact) mass is 238 g/mol. The lowest BCUT2D eigenvalue weighted by atomic mass is 10.1. The minimum Gasteiger partial charge on any atom is -0.338 e. The highest BCUT2D eigenvalue weighted by molar-refractivity contribution is 5.28. The number of likely N-dealkylation sites (N-methyl/N-ethyl adjacent to an activating group) is 1. The summed E-state index contributed by atoms with van der Waals surface area (Å²) in [5, 5.41) is 7.48. The van der Waals surface area contributed by atoms with E-state index in [1.54, 1.807) is 0 Å². The van der Waals surface area contributed by atoms with E-state index in [1.807, 2.05) is 0 Å². The van der Waals surface area contributed by atoms with E-state index in [9.17, 15) is 0 Å². The van der Waals surface area contributed by atoms with Gasteiger partial charge < -0.3 is 14.7 Å². The Hall–Kier alpha value is -1.10. The molecule has 1 fully saturated rings. The largest absolute Gasteiger partial charge is 0.338 e. The first-order chi connectivity index (χ1) is 8.33. The molecule has 1 atom stereocenters. The average Bonchev–Trinajstić information content (AvgIpc) is 2.98. The minimum atomic E-state index is 0.437. The van der Waals surface area contributed by atoms with Gasteiger partial charge in [0.2, 0.25) is 5.89 Å². The van der Waals surface area contributed by atoms with Gasteiger partial charge in [0, 0.05) is 25.6 Å². The molecule has 0 saturated carbocycles. The van der Waals surface area contributed by atoms with Crippen LogP contribution in [0.1, 0.15) is 39.0 Å². The van der Waals surface area contributed by atoms with Crippen LogP contribution in [0.2, 0.25) is 0 Å². The highest BCUT2D eigenvalue weighted by Gasteiger charge is 2.19. The lowest BCUT2D eigenvalue weighted by Crippen LogP contribution is -2.30. The van der Waals surface area contributed by atoms with Crippen molar-refractivity contribution in [2.75, 3.05) is 24.5 Å². The third-order valence-electron chi connectivity index (χ3n) is 3.25. The second kappa shape index (κ2) is 6.00. The molecule has 0 spiro atoms. The van der Waals surface area contributed by atoms with Crippen molar-refractivity contribution < 1.29 is 4.52 Å². The van der Waals surface area contributed by atoms with E-state index in [0.29, 0.717) is 6.04 Å². The highest BCUT2D eigenvalue weighted by Crippen LogP contribution is 2.16. The molecule has 1 aliphatic rings. The van der Waals surface area contributed by atoms with Gasteiger partial charge in [0.25, 0.3) is 5.95 Å². The van der Waals surface area contributed by atoms with Crippen LogP contribution in [0.15, 0.2) is 4.52 Å². The molecule has 1 aromatic heterocycles. The normalized spacial score (nSPS) is 17.6. The molecule has 1 aliphatic heterocycles. The maximum atomic E-state index is 5.31. The van der Waals surface area contributed by atoms with Gasteiger partial charge >= 0.3 is 0 Å². The summed E-state index contributed by atoms with van der Waals surface area (Å²) in [6, 6.07) is 0.437. The van der Waals surface area contributed by atoms with Crippen LogP contribution in [-0.4, -0.2) is 35.8 Å². The summed E-state index contributed by atoms with van der Waals surface area (Å²) in [6.45, 7) is 7.38. The lowest BCUT2D eigenvalue weighted by Gasteiger charge is -2.12. The third-order valence-corrected chi connectivity index (χ3v) is 3.25. The molecule has 1 saturated heterocycles. The van der Waals surface area contributed by atoms with Crippen molar-refractivity contribution in [3.05, 3.63) is 5.89 Å². The summed E-state index contributed by atoms with van der Waals surface area (Å²) < 4.78 is 5.31. The van der Waals surface area contributed by atoms with Crippen molar-refractivity contribution in [3.8, 4) is 0 Å². The first-order valence-corrected chi connectivity index (χ1v) is 6.64. The van der Waals surface area contributed by atoms with Crippen LogP contribution in [0.4, 0.5) is 5.95 Å². The van der Waals surface area contributed by atoms with Crippen molar-refractivity contribution in [1.29, 1.82) is 0 Å². The summed E-state index contributed by atoms with van der Waals surface area (Å²) in [4.78, 5) is 6.67. The van der Waals surface area contributed by atoms with Gasteiger partial charge in [-0.25, -0.2) is 0 Å². The molecule has 1 aromatic rings. The first-order valence-electron chi connectivity index (χ1n) is 6.64. The number of aromatic nitrogens is 2. The summed E-state index contributed by atoms with van der Waals surface area (Å²) >= 11 is 0. The van der Waals surface area contributed by atoms with E-state index in [0.717, 1.165) is 44.3 Å². The number of hydrogen-bond acceptors (Lipinski definition) is 5. The Labute approximate surface area is 103 Å². The number of nitrogens with one attached hydrogen (secondary N) is 1. The Balaban J connectivity index is 1.92. The van der Waals surface area contributed by atoms with Gasteiger partial charge in [0.05, 0.1) is 0 Å². The Morgan fingerprint density at radius 1 is 1.35 bits per heavy atom. The molecule has 0 aliphatic carbocycles. The lowest BCUT2D eigenvalue weighted by molar-refractivity contribution is 0.355. The quantitative estimate of drug-likeness (QED) is 0.816. The van der Waals surface area contributed by atoms with E-state index in [2.05, 4.69) is 34.2 Å². The van der Waals surface area contributed by atoms with Gasteiger partial charge in [-0.1, -0.05) is 13.8 Å². The molecule has 5 nitrogen and oxygen atoms in total. The molecule has 2 rings (SSSR count). The van der Waals surface area contributed by atoms with Crippen LogP contribution in [0, 0.1) is 0 Å². The SMILES string of the molecule is CCNC(CC)Cc1nc(N2CCCC2)no1. The standard InChI is InChI=1S/C12H22N4O/c1-3-10(13-4-2)9-11-14-12(15-17-11)16-7-5-6-8-16/h10,13H,3-9H2,1-2H3. The molecular formula is C12H22N4O. The second-order valence-corrected chi connectivity index (χ2v) is 4.55. The van der Waals surface area contributed by atoms with Gasteiger partial charge in [0.15, 0.2) is 0 Å². The van der Waals surface area contributed by atoms with Crippen molar-refractivity contribution >= 4 is 5.95 Å². The Bertz CT molecular complexity index is 333. The Kier molecular flexibility index (Phi) is 4.36. The molecule has 0 amide bonds. The van der Waals surface area contributed by atoms with Gasteiger partial charge in [-0.15, -0.1) is 0 Å². The summed E-state index contributed by atoms with van der Waals surface area (Å²) in [7, 11) is 0. The van der Waals surface area contributed by atoms with Crippen LogP contribution < -0.4 is 10.2 Å². The van der Waals surface area contributed by atoms with Gasteiger partial charge in [0.1, 0.15) is 0 Å². The second-order valence-electron chi connectivity index (χ2n) is 4.55. The number of nitrogens with zero attached hydrogens (tertiary/aromatic N) is 3. The summed E-state index contributed by atoms with van der Waals surface area (Å²) in [5.41, 5.74) is 0. The summed E-state index contributed by atoms with van der Waals surface area (Å²) in [6.07, 6.45) is 4.37. The van der Waals surface area contributed by atoms with Gasteiger partial charge in [-0.05, 0) is 31.0 Å². The molecule has 1 unspecified atom stereocenters. The first kappa shape index (κ1) is 12.4. The number of rotatable bonds is 6. The van der Waals surface area contributed by atoms with E-state index in [4.69, 9.17) is 4.52 Å². The smallest absolute Gasteiger partial charge is 0.266 e. The van der Waals surface area contributed by atoms with E-state index in [-0.39, 0.29) is 0 Å². The van der Waals surface area contributed by atoms with Crippen LogP contribution >= 0.6 is 0 Å². The number of anilines is 1. The molecular weight excluding hydrogens is 216 g/mol. The van der Waals surface area contributed by atoms with Crippen LogP contribution in [0.3, 0.4) is 0 Å². The topological polar surface area (TPSA) is 54.2 Å². The molecule has 2 heterocycles. The van der Waals surface area contributed by atoms with E-state index >= 15 is 0 Å². The fraction of sp³-hybridized carbons (Fsp3) is 0.833. The zero-order valence-electron chi connectivity index (χ0n) is 10.8. The third kappa shape index (κ3) is 3.19. The highest BCUT2D eigenvalue weighted by atomic mass is 16.5. The fourth-order valence-corrected chi connectivity index (χ4v) is 2.23. The Morgan fingerprint density at radius 3 is 2.76 bits per heavy atom.